The first kappa shape index (κ1) is 37.5. The second-order valence-corrected chi connectivity index (χ2v) is 17.3. The molecule has 0 aliphatic carbocycles. The Kier molecular flexibility index (Phi) is 8.80. The largest absolute Gasteiger partial charge is 0.309 e. The lowest BCUT2D eigenvalue weighted by Crippen LogP contribution is -2.26. The van der Waals surface area contributed by atoms with Crippen molar-refractivity contribution in [2.45, 2.75) is 19.3 Å². The fraction of sp³-hybridized carbons (Fsp3) is 0.0500. The molecule has 0 unspecified atom stereocenters. The quantitative estimate of drug-likeness (QED) is 0.161. The highest BCUT2D eigenvalue weighted by molar-refractivity contribution is 6.12. The molecular formula is C60H42N4. The Bertz CT molecular complexity index is 3290. The predicted octanol–water partition coefficient (Wildman–Crippen LogP) is 15.3. The molecule has 11 aromatic rings. The summed E-state index contributed by atoms with van der Waals surface area (Å²) in [7, 11) is 0. The van der Waals surface area contributed by atoms with Gasteiger partial charge in [-0.05, 0) is 116 Å². The summed E-state index contributed by atoms with van der Waals surface area (Å²) in [6.45, 7) is 4.69. The van der Waals surface area contributed by atoms with Crippen LogP contribution in [-0.4, -0.2) is 19.5 Å². The third-order valence-electron chi connectivity index (χ3n) is 13.0. The maximum absolute atomic E-state index is 5.48. The van der Waals surface area contributed by atoms with Crippen molar-refractivity contribution in [3.63, 3.8) is 0 Å². The number of para-hydroxylation sites is 2. The first-order valence-corrected chi connectivity index (χ1v) is 21.9. The lowest BCUT2D eigenvalue weighted by molar-refractivity contribution is 0.630. The molecule has 0 fully saturated rings. The summed E-state index contributed by atoms with van der Waals surface area (Å²) in [5.41, 5.74) is 17.6. The lowest BCUT2D eigenvalue weighted by atomic mass is 9.74. The van der Waals surface area contributed by atoms with Gasteiger partial charge in [0.1, 0.15) is 0 Å². The second kappa shape index (κ2) is 15.0. The molecule has 9 aromatic carbocycles. The van der Waals surface area contributed by atoms with Gasteiger partial charge in [0.2, 0.25) is 0 Å². The Morgan fingerprint density at radius 1 is 0.312 bits per heavy atom. The van der Waals surface area contributed by atoms with Crippen LogP contribution in [0, 0.1) is 0 Å². The Labute approximate surface area is 372 Å². The molecule has 0 bridgehead atoms. The number of aromatic nitrogens is 4. The zero-order valence-electron chi connectivity index (χ0n) is 35.6. The van der Waals surface area contributed by atoms with Crippen molar-refractivity contribution in [3.05, 3.63) is 230 Å². The predicted molar refractivity (Wildman–Crippen MR) is 264 cm³/mol. The number of fused-ring (bicyclic) bond motifs is 5. The van der Waals surface area contributed by atoms with Crippen LogP contribution in [0.1, 0.15) is 25.0 Å². The molecule has 0 saturated carbocycles. The van der Waals surface area contributed by atoms with Crippen LogP contribution in [0.5, 0.6) is 0 Å². The number of rotatable bonds is 7. The zero-order chi connectivity index (χ0) is 42.8. The molecule has 0 N–H and O–H groups in total. The molecule has 0 amide bonds. The van der Waals surface area contributed by atoms with E-state index in [1.54, 1.807) is 0 Å². The van der Waals surface area contributed by atoms with E-state index in [9.17, 15) is 0 Å². The molecule has 0 saturated heterocycles. The van der Waals surface area contributed by atoms with E-state index in [1.807, 2.05) is 0 Å². The van der Waals surface area contributed by atoms with E-state index in [-0.39, 0.29) is 5.41 Å². The highest BCUT2D eigenvalue weighted by atomic mass is 15.0. The standard InChI is InChI=1S/C60H42N4/c1-60(2)52-28-16-18-30-55(52)64-54-29-17-15-27-50(54)51-37-49(38-53(60)56(51)64)59-62-57(47-33-43(39-19-7-3-8-20-39)31-44(34-47)40-21-9-4-10-22-40)61-58(63-59)48-35-45(41-23-11-5-12-24-41)32-46(36-48)42-25-13-6-14-26-42/h3-38H,1-2H3. The molecule has 302 valence electrons. The molecule has 12 rings (SSSR count). The molecule has 3 heterocycles. The molecule has 0 radical (unpaired) electrons. The van der Waals surface area contributed by atoms with Gasteiger partial charge in [0.15, 0.2) is 17.5 Å². The van der Waals surface area contributed by atoms with E-state index in [2.05, 4.69) is 237 Å². The smallest absolute Gasteiger partial charge is 0.164 e. The van der Waals surface area contributed by atoms with E-state index in [0.717, 1.165) is 61.2 Å². The zero-order valence-corrected chi connectivity index (χ0v) is 35.6. The van der Waals surface area contributed by atoms with Gasteiger partial charge < -0.3 is 4.57 Å². The maximum Gasteiger partial charge on any atom is 0.164 e. The maximum atomic E-state index is 5.48. The summed E-state index contributed by atoms with van der Waals surface area (Å²) in [6.07, 6.45) is 0. The van der Waals surface area contributed by atoms with Gasteiger partial charge in [-0.15, -0.1) is 0 Å². The Balaban J connectivity index is 1.15. The summed E-state index contributed by atoms with van der Waals surface area (Å²) in [4.78, 5) is 16.4. The highest BCUT2D eigenvalue weighted by Gasteiger charge is 2.36. The Hall–Kier alpha value is -8.21. The first-order chi connectivity index (χ1) is 31.5. The van der Waals surface area contributed by atoms with Crippen molar-refractivity contribution < 1.29 is 0 Å². The third-order valence-corrected chi connectivity index (χ3v) is 13.0. The number of benzene rings is 9. The summed E-state index contributed by atoms with van der Waals surface area (Å²) >= 11 is 0. The molecule has 4 heteroatoms. The van der Waals surface area contributed by atoms with Crippen molar-refractivity contribution >= 4 is 21.8 Å². The number of hydrogen-bond acceptors (Lipinski definition) is 3. The second-order valence-electron chi connectivity index (χ2n) is 17.3. The molecule has 0 atom stereocenters. The van der Waals surface area contributed by atoms with Gasteiger partial charge in [-0.2, -0.15) is 0 Å². The summed E-state index contributed by atoms with van der Waals surface area (Å²) in [5, 5.41) is 2.39. The summed E-state index contributed by atoms with van der Waals surface area (Å²) < 4.78 is 2.45. The van der Waals surface area contributed by atoms with Crippen LogP contribution in [0.2, 0.25) is 0 Å². The minimum absolute atomic E-state index is 0.295. The molecular weight excluding hydrogens is 777 g/mol. The molecule has 1 aliphatic heterocycles. The monoisotopic (exact) mass is 818 g/mol. The average Bonchev–Trinajstić information content (AvgIpc) is 3.70. The van der Waals surface area contributed by atoms with E-state index in [1.165, 1.54) is 38.6 Å². The fourth-order valence-corrected chi connectivity index (χ4v) is 9.76. The van der Waals surface area contributed by atoms with Crippen LogP contribution in [0.15, 0.2) is 218 Å². The van der Waals surface area contributed by atoms with Gasteiger partial charge in [-0.3, -0.25) is 0 Å². The lowest BCUT2D eigenvalue weighted by Gasteiger charge is -2.35. The van der Waals surface area contributed by atoms with E-state index in [0.29, 0.717) is 17.5 Å². The normalized spacial score (nSPS) is 12.7. The summed E-state index contributed by atoms with van der Waals surface area (Å²) in [6, 6.07) is 77.9. The summed E-state index contributed by atoms with van der Waals surface area (Å²) in [5.74, 6) is 1.85. The molecule has 1 aliphatic rings. The van der Waals surface area contributed by atoms with Gasteiger partial charge in [0.25, 0.3) is 0 Å². The van der Waals surface area contributed by atoms with Crippen molar-refractivity contribution in [3.8, 4) is 84.4 Å². The van der Waals surface area contributed by atoms with E-state index in [4.69, 9.17) is 15.0 Å². The van der Waals surface area contributed by atoms with Crippen LogP contribution in [-0.2, 0) is 5.41 Å². The first-order valence-electron chi connectivity index (χ1n) is 21.9. The van der Waals surface area contributed by atoms with Gasteiger partial charge >= 0.3 is 0 Å². The van der Waals surface area contributed by atoms with Gasteiger partial charge in [-0.25, -0.2) is 15.0 Å². The van der Waals surface area contributed by atoms with Crippen LogP contribution in [0.25, 0.3) is 106 Å². The van der Waals surface area contributed by atoms with Crippen molar-refractivity contribution in [1.29, 1.82) is 0 Å². The fourth-order valence-electron chi connectivity index (χ4n) is 9.76. The van der Waals surface area contributed by atoms with E-state index < -0.39 is 0 Å². The molecule has 64 heavy (non-hydrogen) atoms. The van der Waals surface area contributed by atoms with Gasteiger partial charge in [-0.1, -0.05) is 172 Å². The Morgan fingerprint density at radius 2 is 0.688 bits per heavy atom. The van der Waals surface area contributed by atoms with Crippen molar-refractivity contribution in [2.75, 3.05) is 0 Å². The van der Waals surface area contributed by atoms with Crippen molar-refractivity contribution in [2.24, 2.45) is 0 Å². The van der Waals surface area contributed by atoms with Crippen LogP contribution in [0.4, 0.5) is 0 Å². The topological polar surface area (TPSA) is 43.6 Å². The molecule has 4 nitrogen and oxygen atoms in total. The van der Waals surface area contributed by atoms with Gasteiger partial charge in [0.05, 0.1) is 16.7 Å². The third kappa shape index (κ3) is 6.34. The molecule has 0 spiro atoms. The molecule has 2 aromatic heterocycles. The minimum atomic E-state index is -0.295. The SMILES string of the molecule is CC1(C)c2ccccc2-n2c3ccccc3c3cc(-c4nc(-c5cc(-c6ccccc6)cc(-c6ccccc6)c5)nc(-c5cc(-c6ccccc6)cc(-c6ccccc6)c5)n4)cc1c32. The average molecular weight is 819 g/mol. The highest BCUT2D eigenvalue weighted by Crippen LogP contribution is 2.49. The van der Waals surface area contributed by atoms with Crippen LogP contribution in [0.3, 0.4) is 0 Å². The minimum Gasteiger partial charge on any atom is -0.309 e. The Morgan fingerprint density at radius 3 is 1.16 bits per heavy atom. The van der Waals surface area contributed by atoms with Crippen molar-refractivity contribution in [1.82, 2.24) is 19.5 Å². The van der Waals surface area contributed by atoms with Crippen LogP contribution >= 0.6 is 0 Å². The number of hydrogen-bond donors (Lipinski definition) is 0. The van der Waals surface area contributed by atoms with Crippen LogP contribution < -0.4 is 0 Å². The number of nitrogens with zero attached hydrogens (tertiary/aromatic N) is 4. The van der Waals surface area contributed by atoms with E-state index >= 15 is 0 Å². The van der Waals surface area contributed by atoms with Gasteiger partial charge in [0, 0.05) is 32.9 Å².